The van der Waals surface area contributed by atoms with Gasteiger partial charge in [0, 0.05) is 6.07 Å². The van der Waals surface area contributed by atoms with Crippen LogP contribution in [0.1, 0.15) is 5.56 Å². The minimum Gasteiger partial charge on any atom is -0.438 e. The van der Waals surface area contributed by atoms with Gasteiger partial charge in [-0.1, -0.05) is 6.07 Å². The lowest BCUT2D eigenvalue weighted by molar-refractivity contribution is -0.384. The highest BCUT2D eigenvalue weighted by molar-refractivity contribution is 5.46. The second-order valence-electron chi connectivity index (χ2n) is 3.86. The van der Waals surface area contributed by atoms with E-state index in [1.807, 2.05) is 0 Å². The Bertz CT molecular complexity index is 646. The standard InChI is InChI=1S/C12H10FN3O3/c1-7-2-3-8(13)4-10(7)19-12-6-9(16(17)18)5-11(14)15-12/h2-6H,1H3,(H2,14,15). The summed E-state index contributed by atoms with van der Waals surface area (Å²) in [5.41, 5.74) is 5.88. The Kier molecular flexibility index (Phi) is 3.28. The second kappa shape index (κ2) is 4.89. The van der Waals surface area contributed by atoms with Crippen molar-refractivity contribution >= 4 is 11.5 Å². The van der Waals surface area contributed by atoms with E-state index in [0.29, 0.717) is 5.56 Å². The molecule has 0 aliphatic carbocycles. The molecule has 0 aliphatic heterocycles. The third-order valence-electron chi connectivity index (χ3n) is 2.38. The van der Waals surface area contributed by atoms with Crippen molar-refractivity contribution in [2.75, 3.05) is 5.73 Å². The normalized spacial score (nSPS) is 10.2. The van der Waals surface area contributed by atoms with Crippen molar-refractivity contribution in [1.82, 2.24) is 4.98 Å². The maximum atomic E-state index is 13.1. The van der Waals surface area contributed by atoms with Crippen molar-refractivity contribution in [2.24, 2.45) is 0 Å². The SMILES string of the molecule is Cc1ccc(F)cc1Oc1cc([N+](=O)[O-])cc(N)n1. The third kappa shape index (κ3) is 2.95. The van der Waals surface area contributed by atoms with E-state index in [-0.39, 0.29) is 23.1 Å². The van der Waals surface area contributed by atoms with Gasteiger partial charge in [-0.15, -0.1) is 0 Å². The Hall–Kier alpha value is -2.70. The van der Waals surface area contributed by atoms with Gasteiger partial charge in [-0.05, 0) is 18.6 Å². The molecule has 0 amide bonds. The van der Waals surface area contributed by atoms with Crippen LogP contribution in [0.3, 0.4) is 0 Å². The molecule has 1 aromatic carbocycles. The van der Waals surface area contributed by atoms with E-state index < -0.39 is 10.7 Å². The number of nitro groups is 1. The summed E-state index contributed by atoms with van der Waals surface area (Å²) in [5.74, 6) is -0.343. The molecule has 0 radical (unpaired) electrons. The van der Waals surface area contributed by atoms with Gasteiger partial charge in [0.1, 0.15) is 17.4 Å². The first kappa shape index (κ1) is 12.7. The molecule has 2 N–H and O–H groups in total. The first-order valence-corrected chi connectivity index (χ1v) is 5.31. The molecule has 0 aliphatic rings. The summed E-state index contributed by atoms with van der Waals surface area (Å²) < 4.78 is 18.4. The largest absolute Gasteiger partial charge is 0.438 e. The van der Waals surface area contributed by atoms with Crippen LogP contribution >= 0.6 is 0 Å². The number of pyridine rings is 1. The quantitative estimate of drug-likeness (QED) is 0.679. The van der Waals surface area contributed by atoms with Crippen molar-refractivity contribution in [2.45, 2.75) is 6.92 Å². The van der Waals surface area contributed by atoms with Crippen molar-refractivity contribution < 1.29 is 14.1 Å². The van der Waals surface area contributed by atoms with Gasteiger partial charge in [0.2, 0.25) is 5.88 Å². The zero-order valence-corrected chi connectivity index (χ0v) is 9.96. The zero-order chi connectivity index (χ0) is 14.0. The van der Waals surface area contributed by atoms with Crippen LogP contribution in [0.5, 0.6) is 11.6 Å². The van der Waals surface area contributed by atoms with Gasteiger partial charge in [-0.2, -0.15) is 4.98 Å². The third-order valence-corrected chi connectivity index (χ3v) is 2.38. The number of rotatable bonds is 3. The predicted molar refractivity (Wildman–Crippen MR) is 66.5 cm³/mol. The number of halogens is 1. The Balaban J connectivity index is 2.38. The fraction of sp³-hybridized carbons (Fsp3) is 0.0833. The second-order valence-corrected chi connectivity index (χ2v) is 3.86. The van der Waals surface area contributed by atoms with Crippen LogP contribution in [0, 0.1) is 22.9 Å². The van der Waals surface area contributed by atoms with E-state index in [2.05, 4.69) is 4.98 Å². The number of nitrogen functional groups attached to an aromatic ring is 1. The number of anilines is 1. The van der Waals surface area contributed by atoms with E-state index in [0.717, 1.165) is 12.1 Å². The van der Waals surface area contributed by atoms with E-state index in [1.54, 1.807) is 6.92 Å². The van der Waals surface area contributed by atoms with Crippen LogP contribution in [-0.4, -0.2) is 9.91 Å². The molecule has 98 valence electrons. The lowest BCUT2D eigenvalue weighted by Crippen LogP contribution is -1.98. The van der Waals surface area contributed by atoms with E-state index in [4.69, 9.17) is 10.5 Å². The van der Waals surface area contributed by atoms with Crippen LogP contribution in [0.4, 0.5) is 15.9 Å². The van der Waals surface area contributed by atoms with Crippen LogP contribution in [0.15, 0.2) is 30.3 Å². The summed E-state index contributed by atoms with van der Waals surface area (Å²) >= 11 is 0. The summed E-state index contributed by atoms with van der Waals surface area (Å²) in [7, 11) is 0. The van der Waals surface area contributed by atoms with Crippen LogP contribution < -0.4 is 10.5 Å². The Morgan fingerprint density at radius 2 is 2.11 bits per heavy atom. The number of aryl methyl sites for hydroxylation is 1. The molecule has 2 rings (SSSR count). The molecule has 0 unspecified atom stereocenters. The molecule has 0 saturated carbocycles. The van der Waals surface area contributed by atoms with Gasteiger partial charge in [0.25, 0.3) is 5.69 Å². The molecule has 0 fully saturated rings. The summed E-state index contributed by atoms with van der Waals surface area (Å²) in [4.78, 5) is 13.9. The van der Waals surface area contributed by atoms with E-state index in [9.17, 15) is 14.5 Å². The summed E-state index contributed by atoms with van der Waals surface area (Å²) in [6.45, 7) is 1.72. The molecule has 0 saturated heterocycles. The number of hydrogen-bond acceptors (Lipinski definition) is 5. The maximum Gasteiger partial charge on any atom is 0.278 e. The summed E-state index contributed by atoms with van der Waals surface area (Å²) in [5, 5.41) is 10.7. The molecule has 1 aromatic heterocycles. The lowest BCUT2D eigenvalue weighted by Gasteiger charge is -2.08. The Morgan fingerprint density at radius 3 is 2.79 bits per heavy atom. The number of hydrogen-bond donors (Lipinski definition) is 1. The smallest absolute Gasteiger partial charge is 0.278 e. The summed E-state index contributed by atoms with van der Waals surface area (Å²) in [6, 6.07) is 6.24. The number of nitrogens with two attached hydrogens (primary N) is 1. The average Bonchev–Trinajstić information content (AvgIpc) is 2.33. The highest BCUT2D eigenvalue weighted by atomic mass is 19.1. The van der Waals surface area contributed by atoms with Gasteiger partial charge in [-0.3, -0.25) is 10.1 Å². The van der Waals surface area contributed by atoms with Gasteiger partial charge in [0.15, 0.2) is 0 Å². The van der Waals surface area contributed by atoms with Gasteiger partial charge in [-0.25, -0.2) is 4.39 Å². The lowest BCUT2D eigenvalue weighted by atomic mass is 10.2. The molecule has 0 spiro atoms. The van der Waals surface area contributed by atoms with E-state index >= 15 is 0 Å². The van der Waals surface area contributed by atoms with E-state index in [1.165, 1.54) is 18.2 Å². The molecule has 1 heterocycles. The first-order valence-electron chi connectivity index (χ1n) is 5.31. The van der Waals surface area contributed by atoms with Crippen molar-refractivity contribution in [3.8, 4) is 11.6 Å². The molecular weight excluding hydrogens is 253 g/mol. The predicted octanol–water partition coefficient (Wildman–Crippen LogP) is 2.81. The fourth-order valence-corrected chi connectivity index (χ4v) is 1.47. The minimum atomic E-state index is -0.608. The Morgan fingerprint density at radius 1 is 1.37 bits per heavy atom. The molecule has 7 heteroatoms. The van der Waals surface area contributed by atoms with Crippen molar-refractivity contribution in [3.63, 3.8) is 0 Å². The number of ether oxygens (including phenoxy) is 1. The van der Waals surface area contributed by atoms with Gasteiger partial charge in [0.05, 0.1) is 17.1 Å². The van der Waals surface area contributed by atoms with Crippen LogP contribution in [-0.2, 0) is 0 Å². The molecule has 0 bridgehead atoms. The zero-order valence-electron chi connectivity index (χ0n) is 9.96. The maximum absolute atomic E-state index is 13.1. The van der Waals surface area contributed by atoms with Crippen molar-refractivity contribution in [3.05, 3.63) is 51.8 Å². The number of benzene rings is 1. The first-order chi connectivity index (χ1) is 8.95. The Labute approximate surface area is 107 Å². The molecule has 0 atom stereocenters. The topological polar surface area (TPSA) is 91.3 Å². The monoisotopic (exact) mass is 263 g/mol. The van der Waals surface area contributed by atoms with Gasteiger partial charge < -0.3 is 10.5 Å². The molecular formula is C12H10FN3O3. The van der Waals surface area contributed by atoms with Crippen LogP contribution in [0.2, 0.25) is 0 Å². The highest BCUT2D eigenvalue weighted by Crippen LogP contribution is 2.27. The molecule has 19 heavy (non-hydrogen) atoms. The summed E-state index contributed by atoms with van der Waals surface area (Å²) in [6.07, 6.45) is 0. The minimum absolute atomic E-state index is 0.0433. The van der Waals surface area contributed by atoms with Gasteiger partial charge >= 0.3 is 0 Å². The average molecular weight is 263 g/mol. The number of nitrogens with zero attached hydrogens (tertiary/aromatic N) is 2. The molecule has 2 aromatic rings. The molecule has 6 nitrogen and oxygen atoms in total. The van der Waals surface area contributed by atoms with Crippen molar-refractivity contribution in [1.29, 1.82) is 0 Å². The number of aromatic nitrogens is 1. The highest BCUT2D eigenvalue weighted by Gasteiger charge is 2.12. The van der Waals surface area contributed by atoms with Crippen LogP contribution in [0.25, 0.3) is 0 Å². The fourth-order valence-electron chi connectivity index (χ4n) is 1.47.